The summed E-state index contributed by atoms with van der Waals surface area (Å²) in [6.07, 6.45) is 2.11. The summed E-state index contributed by atoms with van der Waals surface area (Å²) in [4.78, 5) is 30.2. The van der Waals surface area contributed by atoms with Gasteiger partial charge in [0.25, 0.3) is 5.91 Å². The van der Waals surface area contributed by atoms with Crippen LogP contribution in [0.5, 0.6) is 5.75 Å². The second-order valence-electron chi connectivity index (χ2n) is 6.32. The summed E-state index contributed by atoms with van der Waals surface area (Å²) in [5, 5.41) is 13.1. The van der Waals surface area contributed by atoms with Crippen molar-refractivity contribution in [1.82, 2.24) is 9.88 Å². The Morgan fingerprint density at radius 3 is 2.86 bits per heavy atom. The third kappa shape index (κ3) is 3.46. The molecule has 1 aliphatic heterocycles. The van der Waals surface area contributed by atoms with Gasteiger partial charge in [-0.3, -0.25) is 4.79 Å². The number of fused-ring (bicyclic) bond motifs is 1. The van der Waals surface area contributed by atoms with Crippen LogP contribution in [0, 0.1) is 10.1 Å². The van der Waals surface area contributed by atoms with Crippen LogP contribution < -0.4 is 4.74 Å². The number of carbonyl (C=O) groups is 1. The number of carbonyl (C=O) groups excluding carboxylic acids is 1. The van der Waals surface area contributed by atoms with Crippen LogP contribution >= 0.6 is 11.3 Å². The van der Waals surface area contributed by atoms with Crippen molar-refractivity contribution in [3.8, 4) is 5.75 Å². The number of aromatic nitrogens is 1. The molecule has 0 aliphatic carbocycles. The van der Waals surface area contributed by atoms with Crippen LogP contribution in [-0.2, 0) is 11.2 Å². The number of benzene rings is 1. The van der Waals surface area contributed by atoms with Crippen molar-refractivity contribution >= 4 is 23.1 Å². The van der Waals surface area contributed by atoms with Crippen LogP contribution in [0.1, 0.15) is 22.0 Å². The lowest BCUT2D eigenvalue weighted by atomic mass is 9.93. The second kappa shape index (κ2) is 7.77. The Morgan fingerprint density at radius 1 is 1.25 bits per heavy atom. The van der Waals surface area contributed by atoms with E-state index in [4.69, 9.17) is 4.74 Å². The van der Waals surface area contributed by atoms with Crippen LogP contribution in [0.4, 0.5) is 5.82 Å². The normalized spacial score (nSPS) is 15.7. The van der Waals surface area contributed by atoms with Crippen molar-refractivity contribution in [2.75, 3.05) is 13.2 Å². The first kappa shape index (κ1) is 18.1. The Bertz CT molecular complexity index is 1010. The molecule has 1 atom stereocenters. The molecule has 1 aromatic carbocycles. The maximum Gasteiger partial charge on any atom is 0.406 e. The lowest BCUT2D eigenvalue weighted by Crippen LogP contribution is -2.42. The molecule has 0 N–H and O–H groups in total. The van der Waals surface area contributed by atoms with E-state index in [9.17, 15) is 14.9 Å². The number of thiophene rings is 1. The molecule has 4 rings (SSSR count). The van der Waals surface area contributed by atoms with Gasteiger partial charge in [0.15, 0.2) is 6.61 Å². The lowest BCUT2D eigenvalue weighted by Gasteiger charge is -2.36. The van der Waals surface area contributed by atoms with Gasteiger partial charge in [-0.1, -0.05) is 30.3 Å². The van der Waals surface area contributed by atoms with Crippen LogP contribution in [0.3, 0.4) is 0 Å². The van der Waals surface area contributed by atoms with E-state index in [1.807, 2.05) is 35.7 Å². The zero-order chi connectivity index (χ0) is 19.5. The number of nitro groups is 1. The number of hydrogen-bond acceptors (Lipinski definition) is 6. The third-order valence-electron chi connectivity index (χ3n) is 4.68. The van der Waals surface area contributed by atoms with Gasteiger partial charge in [-0.05, 0) is 51.0 Å². The number of pyridine rings is 1. The minimum Gasteiger partial charge on any atom is -0.476 e. The summed E-state index contributed by atoms with van der Waals surface area (Å²) in [6.45, 7) is 0.291. The average Bonchev–Trinajstić information content (AvgIpc) is 3.21. The number of rotatable bonds is 5. The molecule has 0 saturated carbocycles. The van der Waals surface area contributed by atoms with Crippen molar-refractivity contribution in [3.05, 3.63) is 86.2 Å². The second-order valence-corrected chi connectivity index (χ2v) is 7.32. The van der Waals surface area contributed by atoms with E-state index in [1.165, 1.54) is 23.2 Å². The van der Waals surface area contributed by atoms with E-state index in [-0.39, 0.29) is 24.3 Å². The summed E-state index contributed by atoms with van der Waals surface area (Å²) >= 11 is 1.70. The Kier molecular flexibility index (Phi) is 5.03. The fourth-order valence-corrected chi connectivity index (χ4v) is 4.34. The summed E-state index contributed by atoms with van der Waals surface area (Å²) < 4.78 is 5.47. The Balaban J connectivity index is 1.57. The molecule has 7 nitrogen and oxygen atoms in total. The highest BCUT2D eigenvalue weighted by Crippen LogP contribution is 2.37. The highest BCUT2D eigenvalue weighted by molar-refractivity contribution is 7.10. The highest BCUT2D eigenvalue weighted by atomic mass is 32.1. The van der Waals surface area contributed by atoms with E-state index < -0.39 is 10.7 Å². The largest absolute Gasteiger partial charge is 0.476 e. The van der Waals surface area contributed by atoms with E-state index in [0.29, 0.717) is 6.54 Å². The topological polar surface area (TPSA) is 85.6 Å². The fraction of sp³-hybridized carbons (Fsp3) is 0.200. The maximum atomic E-state index is 13.0. The quantitative estimate of drug-likeness (QED) is 0.487. The van der Waals surface area contributed by atoms with Gasteiger partial charge in [-0.25, -0.2) is 0 Å². The van der Waals surface area contributed by atoms with E-state index in [1.54, 1.807) is 16.2 Å². The van der Waals surface area contributed by atoms with Crippen LogP contribution in [-0.4, -0.2) is 33.9 Å². The number of hydrogen-bond donors (Lipinski definition) is 0. The molecule has 1 unspecified atom stereocenters. The van der Waals surface area contributed by atoms with Crippen LogP contribution in [0.15, 0.2) is 60.1 Å². The lowest BCUT2D eigenvalue weighted by molar-refractivity contribution is -0.390. The summed E-state index contributed by atoms with van der Waals surface area (Å²) in [6, 6.07) is 14.7. The SMILES string of the molecule is O=C(COc1cccnc1[N+](=O)[O-])N1CCc2sccc2C1c1ccccc1. The van der Waals surface area contributed by atoms with Gasteiger partial charge < -0.3 is 19.8 Å². The zero-order valence-electron chi connectivity index (χ0n) is 14.9. The van der Waals surface area contributed by atoms with E-state index in [0.717, 1.165) is 17.5 Å². The molecule has 8 heteroatoms. The molecule has 0 bridgehead atoms. The average molecular weight is 395 g/mol. The predicted octanol–water partition coefficient (Wildman–Crippen LogP) is 3.60. The van der Waals surface area contributed by atoms with Gasteiger partial charge >= 0.3 is 5.82 Å². The van der Waals surface area contributed by atoms with Crippen molar-refractivity contribution in [1.29, 1.82) is 0 Å². The molecule has 3 aromatic rings. The molecule has 0 saturated heterocycles. The first-order chi connectivity index (χ1) is 13.6. The standard InChI is InChI=1S/C20H17N3O4S/c24-18(13-27-16-7-4-10-21-20(16)23(25)26)22-11-8-17-15(9-12-28-17)19(22)14-5-2-1-3-6-14/h1-7,9-10,12,19H,8,11,13H2. The van der Waals surface area contributed by atoms with Crippen LogP contribution in [0.25, 0.3) is 0 Å². The Morgan fingerprint density at radius 2 is 2.07 bits per heavy atom. The predicted molar refractivity (Wildman–Crippen MR) is 104 cm³/mol. The minimum atomic E-state index is -0.620. The smallest absolute Gasteiger partial charge is 0.406 e. The molecule has 3 heterocycles. The van der Waals surface area contributed by atoms with Crippen molar-refractivity contribution in [2.45, 2.75) is 12.5 Å². The third-order valence-corrected chi connectivity index (χ3v) is 5.67. The highest BCUT2D eigenvalue weighted by Gasteiger charge is 2.33. The number of amides is 1. The molecular formula is C20H17N3O4S. The Hall–Kier alpha value is -3.26. The molecule has 142 valence electrons. The Labute approximate surface area is 165 Å². The van der Waals surface area contributed by atoms with Gasteiger partial charge in [0.1, 0.15) is 6.20 Å². The van der Waals surface area contributed by atoms with E-state index >= 15 is 0 Å². The van der Waals surface area contributed by atoms with Gasteiger partial charge in [-0.2, -0.15) is 0 Å². The van der Waals surface area contributed by atoms with Crippen molar-refractivity contribution < 1.29 is 14.5 Å². The molecule has 0 fully saturated rings. The van der Waals surface area contributed by atoms with E-state index in [2.05, 4.69) is 11.1 Å². The van der Waals surface area contributed by atoms with Gasteiger partial charge in [0.05, 0.1) is 6.04 Å². The molecule has 1 aliphatic rings. The molecule has 28 heavy (non-hydrogen) atoms. The van der Waals surface area contributed by atoms with Gasteiger partial charge in [-0.15, -0.1) is 11.3 Å². The minimum absolute atomic E-state index is 0.00894. The molecule has 1 amide bonds. The fourth-order valence-electron chi connectivity index (χ4n) is 3.43. The van der Waals surface area contributed by atoms with Crippen molar-refractivity contribution in [2.24, 2.45) is 0 Å². The van der Waals surface area contributed by atoms with Gasteiger partial charge in [0.2, 0.25) is 5.75 Å². The van der Waals surface area contributed by atoms with Crippen LogP contribution in [0.2, 0.25) is 0 Å². The molecule has 0 radical (unpaired) electrons. The number of ether oxygens (including phenoxy) is 1. The monoisotopic (exact) mass is 395 g/mol. The zero-order valence-corrected chi connectivity index (χ0v) is 15.7. The van der Waals surface area contributed by atoms with Crippen molar-refractivity contribution in [3.63, 3.8) is 0 Å². The van der Waals surface area contributed by atoms with Gasteiger partial charge in [0, 0.05) is 11.4 Å². The molecular weight excluding hydrogens is 378 g/mol. The number of nitrogens with zero attached hydrogens (tertiary/aromatic N) is 3. The summed E-state index contributed by atoms with van der Waals surface area (Å²) in [7, 11) is 0. The molecule has 0 spiro atoms. The maximum absolute atomic E-state index is 13.0. The summed E-state index contributed by atoms with van der Waals surface area (Å²) in [5.41, 5.74) is 2.16. The first-order valence-corrected chi connectivity index (χ1v) is 9.66. The molecule has 2 aromatic heterocycles. The summed E-state index contributed by atoms with van der Waals surface area (Å²) in [5.74, 6) is -0.622. The first-order valence-electron chi connectivity index (χ1n) is 8.78.